The highest BCUT2D eigenvalue weighted by molar-refractivity contribution is 7.86. The Kier molecular flexibility index (Phi) is 5.02. The van der Waals surface area contributed by atoms with Crippen molar-refractivity contribution in [3.05, 3.63) is 65.2 Å². The molecular formula is C17H13F3O3S. The van der Waals surface area contributed by atoms with Crippen molar-refractivity contribution in [2.45, 2.75) is 24.1 Å². The molecule has 2 aromatic carbocycles. The molecule has 0 aromatic heterocycles. The van der Waals surface area contributed by atoms with E-state index in [1.807, 2.05) is 0 Å². The van der Waals surface area contributed by atoms with Crippen LogP contribution in [0.2, 0.25) is 0 Å². The van der Waals surface area contributed by atoms with Gasteiger partial charge in [-0.3, -0.25) is 0 Å². The number of halogens is 3. The molecule has 0 radical (unpaired) electrons. The van der Waals surface area contributed by atoms with Gasteiger partial charge in [0, 0.05) is 5.56 Å². The lowest BCUT2D eigenvalue weighted by molar-refractivity contribution is -0.196. The Bertz CT molecular complexity index is 863. The molecule has 7 heteroatoms. The number of aryl methyl sites for hydroxylation is 1. The standard InChI is InChI=1S/C17H13F3O3S/c1-3-13-6-4-5-7-15(13)24(21,22)23-16(17(18,19)20)14-10-8-12(2)9-11-14/h1,4-11,16H,2H3. The van der Waals surface area contributed by atoms with Crippen molar-refractivity contribution in [1.29, 1.82) is 0 Å². The van der Waals surface area contributed by atoms with Crippen molar-refractivity contribution < 1.29 is 25.8 Å². The van der Waals surface area contributed by atoms with E-state index in [1.54, 1.807) is 6.92 Å². The summed E-state index contributed by atoms with van der Waals surface area (Å²) in [4.78, 5) is -0.478. The lowest BCUT2D eigenvalue weighted by Gasteiger charge is -2.21. The molecule has 126 valence electrons. The van der Waals surface area contributed by atoms with Gasteiger partial charge in [-0.2, -0.15) is 21.6 Å². The fraction of sp³-hybridized carbons (Fsp3) is 0.176. The predicted molar refractivity (Wildman–Crippen MR) is 82.6 cm³/mol. The van der Waals surface area contributed by atoms with Crippen LogP contribution in [0.5, 0.6) is 0 Å². The molecule has 2 aromatic rings. The summed E-state index contributed by atoms with van der Waals surface area (Å²) in [6, 6.07) is 10.5. The Hall–Kier alpha value is -2.30. The van der Waals surface area contributed by atoms with Crippen LogP contribution in [0, 0.1) is 19.3 Å². The molecule has 3 nitrogen and oxygen atoms in total. The van der Waals surface area contributed by atoms with Gasteiger partial charge in [0.05, 0.1) is 0 Å². The van der Waals surface area contributed by atoms with Crippen LogP contribution in [-0.4, -0.2) is 14.6 Å². The normalized spacial score (nSPS) is 13.3. The molecule has 0 N–H and O–H groups in total. The first-order valence-electron chi connectivity index (χ1n) is 6.77. The Labute approximate surface area is 138 Å². The van der Waals surface area contributed by atoms with Crippen molar-refractivity contribution in [2.75, 3.05) is 0 Å². The van der Waals surface area contributed by atoms with Crippen LogP contribution >= 0.6 is 0 Å². The molecular weight excluding hydrogens is 341 g/mol. The molecule has 0 aliphatic rings. The van der Waals surface area contributed by atoms with Crippen LogP contribution in [0.25, 0.3) is 0 Å². The number of alkyl halides is 3. The first-order valence-corrected chi connectivity index (χ1v) is 8.18. The molecule has 0 saturated carbocycles. The minimum atomic E-state index is -4.91. The second-order valence-electron chi connectivity index (χ2n) is 5.02. The Balaban J connectivity index is 2.47. The first-order chi connectivity index (χ1) is 11.1. The molecule has 0 saturated heterocycles. The Morgan fingerprint density at radius 2 is 1.67 bits per heavy atom. The summed E-state index contributed by atoms with van der Waals surface area (Å²) in [7, 11) is -4.71. The van der Waals surface area contributed by atoms with E-state index in [2.05, 4.69) is 10.1 Å². The number of rotatable bonds is 4. The van der Waals surface area contributed by atoms with Crippen molar-refractivity contribution in [1.82, 2.24) is 0 Å². The average Bonchev–Trinajstić information content (AvgIpc) is 2.52. The first kappa shape index (κ1) is 18.0. The number of hydrogen-bond donors (Lipinski definition) is 0. The number of benzene rings is 2. The third-order valence-electron chi connectivity index (χ3n) is 3.21. The highest BCUT2D eigenvalue weighted by Crippen LogP contribution is 2.38. The van der Waals surface area contributed by atoms with Crippen molar-refractivity contribution in [3.63, 3.8) is 0 Å². The molecule has 0 aliphatic carbocycles. The lowest BCUT2D eigenvalue weighted by Crippen LogP contribution is -2.26. The number of terminal acetylenes is 1. The topological polar surface area (TPSA) is 43.4 Å². The molecule has 0 amide bonds. The third-order valence-corrected chi connectivity index (χ3v) is 4.55. The van der Waals surface area contributed by atoms with Crippen LogP contribution in [0.4, 0.5) is 13.2 Å². The maximum Gasteiger partial charge on any atom is 0.420 e. The molecule has 1 unspecified atom stereocenters. The van der Waals surface area contributed by atoms with Gasteiger partial charge in [-0.1, -0.05) is 47.9 Å². The minimum absolute atomic E-state index is 0.0673. The van der Waals surface area contributed by atoms with Gasteiger partial charge in [0.25, 0.3) is 10.1 Å². The Morgan fingerprint density at radius 1 is 1.08 bits per heavy atom. The zero-order valence-electron chi connectivity index (χ0n) is 12.5. The van der Waals surface area contributed by atoms with E-state index in [0.717, 1.165) is 11.6 Å². The van der Waals surface area contributed by atoms with Crippen LogP contribution in [-0.2, 0) is 14.3 Å². The highest BCUT2D eigenvalue weighted by Gasteiger charge is 2.45. The van der Waals surface area contributed by atoms with Gasteiger partial charge in [-0.05, 0) is 24.6 Å². The van der Waals surface area contributed by atoms with Crippen molar-refractivity contribution in [3.8, 4) is 12.3 Å². The fourth-order valence-corrected chi connectivity index (χ4v) is 3.24. The van der Waals surface area contributed by atoms with Gasteiger partial charge < -0.3 is 0 Å². The molecule has 2 rings (SSSR count). The maximum atomic E-state index is 13.3. The molecule has 0 aliphatic heterocycles. The molecule has 0 fully saturated rings. The summed E-state index contributed by atoms with van der Waals surface area (Å²) in [5.74, 6) is 2.12. The van der Waals surface area contributed by atoms with Crippen LogP contribution < -0.4 is 0 Å². The van der Waals surface area contributed by atoms with Crippen LogP contribution in [0.3, 0.4) is 0 Å². The summed E-state index contributed by atoms with van der Waals surface area (Å²) < 4.78 is 69.0. The third kappa shape index (κ3) is 3.96. The van der Waals surface area contributed by atoms with Crippen LogP contribution in [0.1, 0.15) is 22.8 Å². The summed E-state index contributed by atoms with van der Waals surface area (Å²) in [6.07, 6.45) is -2.33. The van der Waals surface area contributed by atoms with Gasteiger partial charge in [-0.25, -0.2) is 4.18 Å². The van der Waals surface area contributed by atoms with E-state index in [0.29, 0.717) is 0 Å². The molecule has 0 bridgehead atoms. The van der Waals surface area contributed by atoms with E-state index in [4.69, 9.17) is 6.42 Å². The summed E-state index contributed by atoms with van der Waals surface area (Å²) in [5.41, 5.74) is 0.359. The van der Waals surface area contributed by atoms with Gasteiger partial charge >= 0.3 is 6.18 Å². The monoisotopic (exact) mass is 354 g/mol. The second kappa shape index (κ2) is 6.67. The quantitative estimate of drug-likeness (QED) is 0.616. The van der Waals surface area contributed by atoms with E-state index in [9.17, 15) is 21.6 Å². The summed E-state index contributed by atoms with van der Waals surface area (Å²) in [6.45, 7) is 1.70. The van der Waals surface area contributed by atoms with Crippen LogP contribution in [0.15, 0.2) is 53.4 Å². The molecule has 24 heavy (non-hydrogen) atoms. The second-order valence-corrected chi connectivity index (χ2v) is 6.56. The van der Waals surface area contributed by atoms with Crippen molar-refractivity contribution >= 4 is 10.1 Å². The smallest absolute Gasteiger partial charge is 0.248 e. The van der Waals surface area contributed by atoms with Gasteiger partial charge in [-0.15, -0.1) is 6.42 Å². The predicted octanol–water partition coefficient (Wildman–Crippen LogP) is 3.99. The Morgan fingerprint density at radius 3 is 2.21 bits per heavy atom. The number of hydrogen-bond acceptors (Lipinski definition) is 3. The molecule has 0 spiro atoms. The van der Waals surface area contributed by atoms with Gasteiger partial charge in [0.15, 0.2) is 6.10 Å². The molecule has 0 heterocycles. The highest BCUT2D eigenvalue weighted by atomic mass is 32.2. The zero-order valence-corrected chi connectivity index (χ0v) is 13.4. The van der Waals surface area contributed by atoms with E-state index in [-0.39, 0.29) is 11.1 Å². The molecule has 1 atom stereocenters. The summed E-state index contributed by atoms with van der Waals surface area (Å²) >= 11 is 0. The zero-order chi connectivity index (χ0) is 18.0. The maximum absolute atomic E-state index is 13.3. The van der Waals surface area contributed by atoms with Gasteiger partial charge in [0.1, 0.15) is 4.90 Å². The van der Waals surface area contributed by atoms with E-state index >= 15 is 0 Å². The lowest BCUT2D eigenvalue weighted by atomic mass is 10.1. The van der Waals surface area contributed by atoms with Crippen molar-refractivity contribution in [2.24, 2.45) is 0 Å². The van der Waals surface area contributed by atoms with Gasteiger partial charge in [0.2, 0.25) is 0 Å². The minimum Gasteiger partial charge on any atom is -0.248 e. The average molecular weight is 354 g/mol. The SMILES string of the molecule is C#Cc1ccccc1S(=O)(=O)OC(c1ccc(C)cc1)C(F)(F)F. The van der Waals surface area contributed by atoms with E-state index < -0.39 is 27.3 Å². The van der Waals surface area contributed by atoms with E-state index in [1.165, 1.54) is 42.5 Å². The summed E-state index contributed by atoms with van der Waals surface area (Å²) in [5, 5.41) is 0. The largest absolute Gasteiger partial charge is 0.420 e. The fourth-order valence-electron chi connectivity index (χ4n) is 2.02.